The van der Waals surface area contributed by atoms with Crippen LogP contribution >= 0.6 is 0 Å². The molecule has 1 N–H and O–H groups in total. The smallest absolute Gasteiger partial charge is 0.310 e. The molecule has 0 bridgehead atoms. The number of carboxylic acids is 1. The molecule has 0 aliphatic carbocycles. The van der Waals surface area contributed by atoms with Gasteiger partial charge < -0.3 is 5.11 Å². The second-order valence-corrected chi connectivity index (χ2v) is 5.52. The summed E-state index contributed by atoms with van der Waals surface area (Å²) in [6.45, 7) is 4.52. The second kappa shape index (κ2) is 11.2. The Balaban J connectivity index is 3.16. The maximum Gasteiger partial charge on any atom is 0.310 e. The van der Waals surface area contributed by atoms with Gasteiger partial charge in [-0.25, -0.2) is 0 Å². The summed E-state index contributed by atoms with van der Waals surface area (Å²) in [6, 6.07) is 0. The molecule has 0 aromatic rings. The monoisotopic (exact) mass is 256 g/mol. The van der Waals surface area contributed by atoms with Crippen LogP contribution in [-0.2, 0) is 9.59 Å². The molecule has 106 valence electrons. The van der Waals surface area contributed by atoms with Gasteiger partial charge in [0.1, 0.15) is 12.2 Å². The summed E-state index contributed by atoms with van der Waals surface area (Å²) >= 11 is 0. The molecule has 0 saturated carbocycles. The first-order valence-electron chi connectivity index (χ1n) is 7.26. The van der Waals surface area contributed by atoms with Gasteiger partial charge in [0.05, 0.1) is 0 Å². The van der Waals surface area contributed by atoms with Crippen LogP contribution in [0.4, 0.5) is 0 Å². The fourth-order valence-corrected chi connectivity index (χ4v) is 2.02. The molecular weight excluding hydrogens is 228 g/mol. The summed E-state index contributed by atoms with van der Waals surface area (Å²) in [5.41, 5.74) is 0. The summed E-state index contributed by atoms with van der Waals surface area (Å²) in [6.07, 6.45) is 9.68. The number of unbranched alkanes of at least 4 members (excludes halogenated alkanes) is 6. The molecule has 0 spiro atoms. The lowest BCUT2D eigenvalue weighted by molar-refractivity contribution is -0.140. The normalized spacial score (nSPS) is 10.8. The largest absolute Gasteiger partial charge is 0.481 e. The Morgan fingerprint density at radius 2 is 1.39 bits per heavy atom. The predicted octanol–water partition coefficient (Wildman–Crippen LogP) is 4.20. The van der Waals surface area contributed by atoms with Gasteiger partial charge in [-0.05, 0) is 12.3 Å². The molecular formula is C15H28O3. The van der Waals surface area contributed by atoms with Crippen LogP contribution in [0, 0.1) is 5.92 Å². The molecule has 0 fully saturated rings. The van der Waals surface area contributed by atoms with E-state index in [2.05, 4.69) is 13.8 Å². The molecule has 0 amide bonds. The van der Waals surface area contributed by atoms with Crippen LogP contribution in [0.1, 0.15) is 78.1 Å². The van der Waals surface area contributed by atoms with E-state index in [4.69, 9.17) is 5.11 Å². The van der Waals surface area contributed by atoms with Gasteiger partial charge in [-0.15, -0.1) is 0 Å². The van der Waals surface area contributed by atoms with Gasteiger partial charge in [-0.3, -0.25) is 9.59 Å². The van der Waals surface area contributed by atoms with E-state index >= 15 is 0 Å². The van der Waals surface area contributed by atoms with Crippen molar-refractivity contribution >= 4 is 11.8 Å². The van der Waals surface area contributed by atoms with Gasteiger partial charge in [0.25, 0.3) is 0 Å². The summed E-state index contributed by atoms with van der Waals surface area (Å²) in [5.74, 6) is -0.338. The molecule has 3 nitrogen and oxygen atoms in total. The first-order chi connectivity index (χ1) is 8.52. The summed E-state index contributed by atoms with van der Waals surface area (Å²) in [4.78, 5) is 21.4. The molecule has 3 heteroatoms. The molecule has 0 aliphatic rings. The first kappa shape index (κ1) is 17.1. The van der Waals surface area contributed by atoms with E-state index in [-0.39, 0.29) is 12.2 Å². The molecule has 0 aromatic carbocycles. The Labute approximate surface area is 111 Å². The minimum atomic E-state index is -1.01. The fraction of sp³-hybridized carbons (Fsp3) is 0.867. The number of carboxylic acid groups (broad SMARTS) is 1. The highest BCUT2D eigenvalue weighted by Crippen LogP contribution is 2.12. The van der Waals surface area contributed by atoms with E-state index < -0.39 is 5.97 Å². The Kier molecular flexibility index (Phi) is 10.7. The zero-order valence-corrected chi connectivity index (χ0v) is 11.9. The lowest BCUT2D eigenvalue weighted by Gasteiger charge is -2.04. The van der Waals surface area contributed by atoms with E-state index in [1.54, 1.807) is 0 Å². The van der Waals surface area contributed by atoms with Crippen molar-refractivity contribution in [1.29, 1.82) is 0 Å². The van der Waals surface area contributed by atoms with Crippen molar-refractivity contribution in [3.8, 4) is 0 Å². The van der Waals surface area contributed by atoms with Crippen molar-refractivity contribution in [2.24, 2.45) is 5.92 Å². The van der Waals surface area contributed by atoms with E-state index in [1.807, 2.05) is 0 Å². The number of rotatable bonds is 12. The quantitative estimate of drug-likeness (QED) is 0.420. The molecule has 0 aromatic heterocycles. The molecule has 0 rings (SSSR count). The number of aliphatic carboxylic acids is 1. The summed E-state index contributed by atoms with van der Waals surface area (Å²) in [7, 11) is 0. The van der Waals surface area contributed by atoms with Crippen LogP contribution in [0.5, 0.6) is 0 Å². The van der Waals surface area contributed by atoms with Gasteiger partial charge in [0.15, 0.2) is 0 Å². The molecule has 0 atom stereocenters. The topological polar surface area (TPSA) is 54.4 Å². The van der Waals surface area contributed by atoms with Crippen LogP contribution in [0.2, 0.25) is 0 Å². The average molecular weight is 256 g/mol. The van der Waals surface area contributed by atoms with Crippen LogP contribution in [-0.4, -0.2) is 16.9 Å². The SMILES string of the molecule is CC(C)CCCCCCCCCC(=O)CC(=O)O. The molecule has 0 heterocycles. The molecule has 0 saturated heterocycles. The van der Waals surface area contributed by atoms with Crippen molar-refractivity contribution in [2.75, 3.05) is 0 Å². The molecule has 0 unspecified atom stereocenters. The van der Waals surface area contributed by atoms with Crippen LogP contribution in [0.15, 0.2) is 0 Å². The minimum absolute atomic E-state index is 0.139. The minimum Gasteiger partial charge on any atom is -0.481 e. The Morgan fingerprint density at radius 1 is 0.889 bits per heavy atom. The molecule has 18 heavy (non-hydrogen) atoms. The van der Waals surface area contributed by atoms with Crippen LogP contribution in [0.25, 0.3) is 0 Å². The van der Waals surface area contributed by atoms with Gasteiger partial charge in [-0.1, -0.05) is 58.8 Å². The van der Waals surface area contributed by atoms with E-state index in [0.29, 0.717) is 6.42 Å². The third kappa shape index (κ3) is 13.2. The number of hydrogen-bond donors (Lipinski definition) is 1. The third-order valence-corrected chi connectivity index (χ3v) is 3.09. The van der Waals surface area contributed by atoms with E-state index in [0.717, 1.165) is 18.8 Å². The summed E-state index contributed by atoms with van der Waals surface area (Å²) in [5, 5.41) is 8.43. The second-order valence-electron chi connectivity index (χ2n) is 5.52. The molecule has 0 radical (unpaired) electrons. The maximum absolute atomic E-state index is 11.1. The van der Waals surface area contributed by atoms with Gasteiger partial charge >= 0.3 is 5.97 Å². The zero-order chi connectivity index (χ0) is 13.8. The van der Waals surface area contributed by atoms with Crippen molar-refractivity contribution in [3.05, 3.63) is 0 Å². The van der Waals surface area contributed by atoms with Crippen molar-refractivity contribution in [2.45, 2.75) is 78.1 Å². The van der Waals surface area contributed by atoms with Gasteiger partial charge in [0, 0.05) is 6.42 Å². The van der Waals surface area contributed by atoms with E-state index in [1.165, 1.54) is 38.5 Å². The molecule has 0 aliphatic heterocycles. The maximum atomic E-state index is 11.1. The predicted molar refractivity (Wildman–Crippen MR) is 73.7 cm³/mol. The van der Waals surface area contributed by atoms with Crippen LogP contribution < -0.4 is 0 Å². The van der Waals surface area contributed by atoms with Gasteiger partial charge in [-0.2, -0.15) is 0 Å². The van der Waals surface area contributed by atoms with Crippen molar-refractivity contribution in [3.63, 3.8) is 0 Å². The lowest BCUT2D eigenvalue weighted by Crippen LogP contribution is -2.05. The third-order valence-electron chi connectivity index (χ3n) is 3.09. The van der Waals surface area contributed by atoms with Gasteiger partial charge in [0.2, 0.25) is 0 Å². The van der Waals surface area contributed by atoms with Crippen LogP contribution in [0.3, 0.4) is 0 Å². The number of carbonyl (C=O) groups is 2. The van der Waals surface area contributed by atoms with Crippen molar-refractivity contribution in [1.82, 2.24) is 0 Å². The highest BCUT2D eigenvalue weighted by molar-refractivity contribution is 5.94. The highest BCUT2D eigenvalue weighted by Gasteiger charge is 2.06. The fourth-order valence-electron chi connectivity index (χ4n) is 2.02. The average Bonchev–Trinajstić information content (AvgIpc) is 2.25. The Morgan fingerprint density at radius 3 is 1.89 bits per heavy atom. The number of hydrogen-bond acceptors (Lipinski definition) is 2. The first-order valence-corrected chi connectivity index (χ1v) is 7.26. The Bertz CT molecular complexity index is 234. The van der Waals surface area contributed by atoms with E-state index in [9.17, 15) is 9.59 Å². The highest BCUT2D eigenvalue weighted by atomic mass is 16.4. The van der Waals surface area contributed by atoms with Crippen molar-refractivity contribution < 1.29 is 14.7 Å². The number of ketones is 1. The Hall–Kier alpha value is -0.860. The number of Topliss-reactive ketones (excluding diaryl/α,β-unsaturated/α-hetero) is 1. The summed E-state index contributed by atoms with van der Waals surface area (Å²) < 4.78 is 0. The number of carbonyl (C=O) groups excluding carboxylic acids is 1. The standard InChI is InChI=1S/C15H28O3/c1-13(2)10-8-6-4-3-5-7-9-11-14(16)12-15(17)18/h13H,3-12H2,1-2H3,(H,17,18). The zero-order valence-electron chi connectivity index (χ0n) is 11.9. The lowest BCUT2D eigenvalue weighted by atomic mass is 10.0.